The summed E-state index contributed by atoms with van der Waals surface area (Å²) in [5, 5.41) is 10.2. The van der Waals surface area contributed by atoms with Crippen LogP contribution in [0.2, 0.25) is 5.15 Å². The van der Waals surface area contributed by atoms with Crippen LogP contribution in [0.4, 0.5) is 0 Å². The van der Waals surface area contributed by atoms with E-state index in [0.717, 1.165) is 29.3 Å². The summed E-state index contributed by atoms with van der Waals surface area (Å²) in [5.74, 6) is 0. The first kappa shape index (κ1) is 15.0. The largest absolute Gasteiger partial charge is 0.260 e. The SMILES string of the molecule is CC(N=[N+]=[N-])(c1ccccc1)c1nn(C2CC2)c2cnc(Cl)cc12. The van der Waals surface area contributed by atoms with Gasteiger partial charge in [-0.1, -0.05) is 47.0 Å². The van der Waals surface area contributed by atoms with Gasteiger partial charge in [-0.25, -0.2) is 4.98 Å². The summed E-state index contributed by atoms with van der Waals surface area (Å²) in [7, 11) is 0. The van der Waals surface area contributed by atoms with E-state index >= 15 is 0 Å². The first-order chi connectivity index (χ1) is 11.6. The van der Waals surface area contributed by atoms with Crippen molar-refractivity contribution in [2.45, 2.75) is 31.3 Å². The molecular formula is C17H15ClN6. The zero-order chi connectivity index (χ0) is 16.7. The van der Waals surface area contributed by atoms with Crippen molar-refractivity contribution in [2.75, 3.05) is 0 Å². The summed E-state index contributed by atoms with van der Waals surface area (Å²) in [6, 6.07) is 11.9. The normalized spacial score (nSPS) is 16.6. The summed E-state index contributed by atoms with van der Waals surface area (Å²) >= 11 is 6.12. The standard InChI is InChI=1S/C17H15ClN6/c1-17(22-23-19,11-5-3-2-4-6-11)16-13-9-15(18)20-10-14(13)24(21-16)12-7-8-12/h2-6,9-10,12H,7-8H2,1H3. The average molecular weight is 339 g/mol. The fourth-order valence-corrected chi connectivity index (χ4v) is 3.22. The third-order valence-corrected chi connectivity index (χ3v) is 4.70. The Labute approximate surface area is 143 Å². The molecule has 1 aromatic carbocycles. The minimum Gasteiger partial charge on any atom is -0.260 e. The highest BCUT2D eigenvalue weighted by atomic mass is 35.5. The number of aromatic nitrogens is 3. The lowest BCUT2D eigenvalue weighted by molar-refractivity contribution is 0.550. The summed E-state index contributed by atoms with van der Waals surface area (Å²) in [5.41, 5.74) is 10.8. The fraction of sp³-hybridized carbons (Fsp3) is 0.294. The molecule has 0 spiro atoms. The monoisotopic (exact) mass is 338 g/mol. The molecule has 2 heterocycles. The molecule has 24 heavy (non-hydrogen) atoms. The van der Waals surface area contributed by atoms with Crippen LogP contribution < -0.4 is 0 Å². The number of azide groups is 1. The summed E-state index contributed by atoms with van der Waals surface area (Å²) in [6.07, 6.45) is 3.94. The number of pyridine rings is 1. The molecule has 4 rings (SSSR count). The van der Waals surface area contributed by atoms with Gasteiger partial charge in [0.1, 0.15) is 10.7 Å². The van der Waals surface area contributed by atoms with Crippen LogP contribution in [0.3, 0.4) is 0 Å². The highest BCUT2D eigenvalue weighted by molar-refractivity contribution is 6.30. The second kappa shape index (κ2) is 5.51. The molecule has 1 unspecified atom stereocenters. The molecule has 1 aliphatic carbocycles. The zero-order valence-corrected chi connectivity index (χ0v) is 13.9. The van der Waals surface area contributed by atoms with Gasteiger partial charge in [0.05, 0.1) is 23.4 Å². The number of fused-ring (bicyclic) bond motifs is 1. The molecule has 0 radical (unpaired) electrons. The van der Waals surface area contributed by atoms with Gasteiger partial charge in [0, 0.05) is 10.3 Å². The van der Waals surface area contributed by atoms with E-state index in [2.05, 4.69) is 15.0 Å². The molecule has 0 bridgehead atoms. The maximum absolute atomic E-state index is 9.16. The summed E-state index contributed by atoms with van der Waals surface area (Å²) < 4.78 is 1.99. The Morgan fingerprint density at radius 3 is 2.75 bits per heavy atom. The number of hydrogen-bond donors (Lipinski definition) is 0. The third kappa shape index (κ3) is 2.31. The van der Waals surface area contributed by atoms with E-state index in [0.29, 0.717) is 16.9 Å². The van der Waals surface area contributed by atoms with E-state index in [9.17, 15) is 0 Å². The second-order valence-corrected chi connectivity index (χ2v) is 6.56. The first-order valence-electron chi connectivity index (χ1n) is 7.79. The minimum absolute atomic E-state index is 0.385. The Kier molecular flexibility index (Phi) is 3.44. The molecule has 0 amide bonds. The molecule has 1 aliphatic rings. The predicted molar refractivity (Wildman–Crippen MR) is 92.9 cm³/mol. The van der Waals surface area contributed by atoms with Crippen molar-refractivity contribution in [1.82, 2.24) is 14.8 Å². The van der Waals surface area contributed by atoms with Crippen LogP contribution in [-0.2, 0) is 5.54 Å². The highest BCUT2D eigenvalue weighted by Gasteiger charge is 2.36. The van der Waals surface area contributed by atoms with Crippen LogP contribution in [0, 0.1) is 0 Å². The maximum Gasteiger partial charge on any atom is 0.129 e. The number of benzene rings is 1. The highest BCUT2D eigenvalue weighted by Crippen LogP contribution is 2.42. The topological polar surface area (TPSA) is 79.5 Å². The van der Waals surface area contributed by atoms with Gasteiger partial charge >= 0.3 is 0 Å². The molecule has 0 aliphatic heterocycles. The van der Waals surface area contributed by atoms with Crippen molar-refractivity contribution in [1.29, 1.82) is 0 Å². The Morgan fingerprint density at radius 2 is 2.08 bits per heavy atom. The molecule has 1 fully saturated rings. The zero-order valence-electron chi connectivity index (χ0n) is 13.1. The van der Waals surface area contributed by atoms with Crippen LogP contribution in [0.5, 0.6) is 0 Å². The lowest BCUT2D eigenvalue weighted by Crippen LogP contribution is -2.21. The van der Waals surface area contributed by atoms with Crippen LogP contribution in [-0.4, -0.2) is 14.8 Å². The van der Waals surface area contributed by atoms with Crippen LogP contribution in [0.25, 0.3) is 21.3 Å². The van der Waals surface area contributed by atoms with Crippen LogP contribution in [0.15, 0.2) is 47.7 Å². The Balaban J connectivity index is 2.02. The van der Waals surface area contributed by atoms with Crippen LogP contribution >= 0.6 is 11.6 Å². The van der Waals surface area contributed by atoms with E-state index in [4.69, 9.17) is 22.2 Å². The van der Waals surface area contributed by atoms with E-state index in [1.54, 1.807) is 12.3 Å². The third-order valence-electron chi connectivity index (χ3n) is 4.49. The van der Waals surface area contributed by atoms with Gasteiger partial charge < -0.3 is 0 Å². The minimum atomic E-state index is -0.918. The Bertz CT molecular complexity index is 956. The predicted octanol–water partition coefficient (Wildman–Crippen LogP) is 4.99. The number of halogens is 1. The molecule has 0 saturated heterocycles. The van der Waals surface area contributed by atoms with E-state index in [-0.39, 0.29) is 0 Å². The average Bonchev–Trinajstić information content (AvgIpc) is 3.36. The number of hydrogen-bond acceptors (Lipinski definition) is 3. The quantitative estimate of drug-likeness (QED) is 0.290. The van der Waals surface area contributed by atoms with Gasteiger partial charge in [0.2, 0.25) is 0 Å². The van der Waals surface area contributed by atoms with Gasteiger partial charge in [0.15, 0.2) is 0 Å². The molecule has 1 atom stereocenters. The first-order valence-corrected chi connectivity index (χ1v) is 8.17. The van der Waals surface area contributed by atoms with Gasteiger partial charge in [-0.15, -0.1) is 0 Å². The molecule has 0 N–H and O–H groups in total. The van der Waals surface area contributed by atoms with E-state index in [1.807, 2.05) is 41.9 Å². The molecular weight excluding hydrogens is 324 g/mol. The summed E-state index contributed by atoms with van der Waals surface area (Å²) in [4.78, 5) is 7.28. The lowest BCUT2D eigenvalue weighted by atomic mass is 9.88. The van der Waals surface area contributed by atoms with Gasteiger partial charge in [-0.3, -0.25) is 4.68 Å². The molecule has 6 nitrogen and oxygen atoms in total. The van der Waals surface area contributed by atoms with Crippen molar-refractivity contribution >= 4 is 22.5 Å². The van der Waals surface area contributed by atoms with E-state index in [1.165, 1.54) is 0 Å². The number of rotatable bonds is 4. The fourth-order valence-electron chi connectivity index (χ4n) is 3.06. The molecule has 120 valence electrons. The smallest absolute Gasteiger partial charge is 0.129 e. The van der Waals surface area contributed by atoms with Gasteiger partial charge in [-0.2, -0.15) is 5.10 Å². The van der Waals surface area contributed by atoms with Crippen molar-refractivity contribution in [3.63, 3.8) is 0 Å². The Hall–Kier alpha value is -2.56. The van der Waals surface area contributed by atoms with Crippen LogP contribution in [0.1, 0.15) is 37.1 Å². The van der Waals surface area contributed by atoms with Crippen molar-refractivity contribution in [3.8, 4) is 0 Å². The van der Waals surface area contributed by atoms with Crippen molar-refractivity contribution < 1.29 is 0 Å². The Morgan fingerprint density at radius 1 is 1.33 bits per heavy atom. The molecule has 3 aromatic rings. The maximum atomic E-state index is 9.16. The molecule has 1 saturated carbocycles. The van der Waals surface area contributed by atoms with Gasteiger partial charge in [-0.05, 0) is 36.9 Å². The lowest BCUT2D eigenvalue weighted by Gasteiger charge is -2.23. The van der Waals surface area contributed by atoms with Crippen molar-refractivity contribution in [2.24, 2.45) is 5.11 Å². The van der Waals surface area contributed by atoms with Gasteiger partial charge in [0.25, 0.3) is 0 Å². The second-order valence-electron chi connectivity index (χ2n) is 6.18. The molecule has 2 aromatic heterocycles. The molecule has 7 heteroatoms. The van der Waals surface area contributed by atoms with E-state index < -0.39 is 5.54 Å². The summed E-state index contributed by atoms with van der Waals surface area (Å²) in [6.45, 7) is 1.88. The number of nitrogens with zero attached hydrogens (tertiary/aromatic N) is 6. The van der Waals surface area contributed by atoms with Crippen molar-refractivity contribution in [3.05, 3.63) is 69.4 Å².